The van der Waals surface area contributed by atoms with Crippen LogP contribution in [0.25, 0.3) is 0 Å². The molecule has 4 rings (SSSR count). The van der Waals surface area contributed by atoms with Crippen LogP contribution in [0.5, 0.6) is 0 Å². The lowest BCUT2D eigenvalue weighted by Gasteiger charge is -2.24. The fourth-order valence-corrected chi connectivity index (χ4v) is 4.08. The van der Waals surface area contributed by atoms with Crippen LogP contribution >= 0.6 is 0 Å². The smallest absolute Gasteiger partial charge is 0.330 e. The Morgan fingerprint density at radius 3 is 2.78 bits per heavy atom. The van der Waals surface area contributed by atoms with Crippen molar-refractivity contribution in [2.24, 2.45) is 0 Å². The van der Waals surface area contributed by atoms with Crippen LogP contribution in [0, 0.1) is 0 Å². The van der Waals surface area contributed by atoms with Crippen LogP contribution in [0.1, 0.15) is 48.7 Å². The first kappa shape index (κ1) is 25.0. The molecule has 0 bridgehead atoms. The molecule has 2 amide bonds. The van der Waals surface area contributed by atoms with Crippen LogP contribution in [0.4, 0.5) is 17.2 Å². The van der Waals surface area contributed by atoms with Crippen LogP contribution in [0.2, 0.25) is 0 Å². The van der Waals surface area contributed by atoms with Crippen LogP contribution in [0.3, 0.4) is 0 Å². The molecule has 1 atom stereocenters. The number of benzene rings is 1. The molecular weight excluding hydrogens is 466 g/mol. The minimum absolute atomic E-state index is 0.0996. The Kier molecular flexibility index (Phi) is 7.69. The zero-order valence-electron chi connectivity index (χ0n) is 20.0. The van der Waals surface area contributed by atoms with Crippen molar-refractivity contribution < 1.29 is 18.7 Å². The highest BCUT2D eigenvalue weighted by atomic mass is 16.5. The number of hydrogen-bond donors (Lipinski definition) is 3. The Morgan fingerprint density at radius 2 is 2.08 bits per heavy atom. The predicted molar refractivity (Wildman–Crippen MR) is 134 cm³/mol. The van der Waals surface area contributed by atoms with E-state index in [1.54, 1.807) is 30.3 Å². The Labute approximate surface area is 206 Å². The molecule has 1 aromatic carbocycles. The molecule has 0 spiro atoms. The van der Waals surface area contributed by atoms with Gasteiger partial charge in [-0.3, -0.25) is 28.8 Å². The molecule has 2 aromatic heterocycles. The fourth-order valence-electron chi connectivity index (χ4n) is 4.08. The third-order valence-corrected chi connectivity index (χ3v) is 5.96. The van der Waals surface area contributed by atoms with E-state index in [2.05, 4.69) is 10.3 Å². The number of nitrogens with zero attached hydrogens (tertiary/aromatic N) is 2. The van der Waals surface area contributed by atoms with Crippen molar-refractivity contribution in [3.63, 3.8) is 0 Å². The number of nitrogen functional groups attached to an aromatic ring is 1. The van der Waals surface area contributed by atoms with Crippen molar-refractivity contribution >= 4 is 29.0 Å². The van der Waals surface area contributed by atoms with Gasteiger partial charge in [-0.05, 0) is 49.6 Å². The number of H-pyrrole nitrogens is 1. The summed E-state index contributed by atoms with van der Waals surface area (Å²) >= 11 is 0. The van der Waals surface area contributed by atoms with Gasteiger partial charge in [-0.25, -0.2) is 4.79 Å². The molecule has 4 N–H and O–H groups in total. The second-order valence-electron chi connectivity index (χ2n) is 8.54. The number of carbonyl (C=O) groups is 2. The van der Waals surface area contributed by atoms with E-state index >= 15 is 0 Å². The van der Waals surface area contributed by atoms with E-state index in [1.807, 2.05) is 6.92 Å². The Balaban J connectivity index is 1.71. The van der Waals surface area contributed by atoms with Gasteiger partial charge in [0, 0.05) is 24.4 Å². The molecule has 36 heavy (non-hydrogen) atoms. The number of aromatic amines is 1. The van der Waals surface area contributed by atoms with Gasteiger partial charge in [-0.2, -0.15) is 0 Å². The summed E-state index contributed by atoms with van der Waals surface area (Å²) in [4.78, 5) is 55.0. The Bertz CT molecular complexity index is 1340. The number of unbranched alkanes of at least 4 members (excludes halogenated alkanes) is 1. The van der Waals surface area contributed by atoms with Crippen molar-refractivity contribution in [3.05, 3.63) is 74.8 Å². The topological polar surface area (TPSA) is 153 Å². The molecule has 1 unspecified atom stereocenters. The molecular formula is C25H29N5O6. The molecule has 1 saturated heterocycles. The van der Waals surface area contributed by atoms with E-state index in [0.29, 0.717) is 37.4 Å². The minimum atomic E-state index is -0.784. The lowest BCUT2D eigenvalue weighted by atomic mass is 10.1. The van der Waals surface area contributed by atoms with E-state index in [1.165, 1.54) is 21.8 Å². The summed E-state index contributed by atoms with van der Waals surface area (Å²) in [6, 6.07) is 9.69. The van der Waals surface area contributed by atoms with Crippen molar-refractivity contribution in [1.82, 2.24) is 9.55 Å². The number of carbonyl (C=O) groups excluding carboxylic acids is 2. The zero-order chi connectivity index (χ0) is 25.7. The molecule has 1 aliphatic heterocycles. The maximum atomic E-state index is 13.7. The first-order valence-electron chi connectivity index (χ1n) is 11.9. The number of nitrogens with two attached hydrogens (primary N) is 1. The van der Waals surface area contributed by atoms with Gasteiger partial charge in [-0.1, -0.05) is 19.4 Å². The summed E-state index contributed by atoms with van der Waals surface area (Å²) < 4.78 is 12.1. The summed E-state index contributed by atoms with van der Waals surface area (Å²) in [6.07, 6.45) is 3.84. The Hall–Kier alpha value is -4.12. The first-order chi connectivity index (χ1) is 17.4. The highest BCUT2D eigenvalue weighted by molar-refractivity contribution is 6.08. The van der Waals surface area contributed by atoms with Crippen molar-refractivity contribution in [2.75, 3.05) is 22.6 Å². The lowest BCUT2D eigenvalue weighted by molar-refractivity contribution is -0.124. The molecule has 11 nitrogen and oxygen atoms in total. The van der Waals surface area contributed by atoms with E-state index in [4.69, 9.17) is 14.9 Å². The second kappa shape index (κ2) is 11.1. The second-order valence-corrected chi connectivity index (χ2v) is 8.54. The Morgan fingerprint density at radius 1 is 1.25 bits per heavy atom. The quantitative estimate of drug-likeness (QED) is 0.412. The van der Waals surface area contributed by atoms with Gasteiger partial charge >= 0.3 is 5.69 Å². The van der Waals surface area contributed by atoms with Crippen LogP contribution in [-0.2, 0) is 22.6 Å². The van der Waals surface area contributed by atoms with Gasteiger partial charge in [0.2, 0.25) is 0 Å². The molecule has 1 fully saturated rings. The van der Waals surface area contributed by atoms with E-state index in [9.17, 15) is 19.2 Å². The van der Waals surface area contributed by atoms with Gasteiger partial charge in [0.25, 0.3) is 17.4 Å². The van der Waals surface area contributed by atoms with Gasteiger partial charge in [0.15, 0.2) is 5.69 Å². The third-order valence-electron chi connectivity index (χ3n) is 5.96. The molecule has 1 aliphatic rings. The molecule has 0 radical (unpaired) electrons. The van der Waals surface area contributed by atoms with E-state index in [0.717, 1.165) is 12.8 Å². The third kappa shape index (κ3) is 5.41. The SMILES string of the molecule is CCCCn1c(N)c(N(Cc2ccco2)C(=O)c2cccc(NC(=O)C3CCCO3)c2)c(=O)[nH]c1=O. The summed E-state index contributed by atoms with van der Waals surface area (Å²) in [5.74, 6) is -0.540. The van der Waals surface area contributed by atoms with Crippen LogP contribution < -0.4 is 27.2 Å². The van der Waals surface area contributed by atoms with Crippen LogP contribution in [0.15, 0.2) is 56.7 Å². The van der Waals surface area contributed by atoms with Crippen molar-refractivity contribution in [2.45, 2.75) is 51.8 Å². The highest BCUT2D eigenvalue weighted by Gasteiger charge is 2.27. The zero-order valence-corrected chi connectivity index (χ0v) is 20.0. The molecule has 0 aliphatic carbocycles. The normalized spacial score (nSPS) is 15.1. The number of amides is 2. The minimum Gasteiger partial charge on any atom is -0.467 e. The number of anilines is 3. The standard InChI is InChI=1S/C25H29N5O6/c1-2-3-11-29-21(26)20(23(32)28-25(29)34)30(15-18-9-5-12-35-18)24(33)16-7-4-8-17(14-16)27-22(31)19-10-6-13-36-19/h4-5,7-9,12,14,19H,2-3,6,10-11,13,15,26H2,1H3,(H,27,31)(H,28,32,34). The van der Waals surface area contributed by atoms with Gasteiger partial charge < -0.3 is 20.2 Å². The van der Waals surface area contributed by atoms with Gasteiger partial charge in [0.05, 0.1) is 12.8 Å². The monoisotopic (exact) mass is 495 g/mol. The van der Waals surface area contributed by atoms with Crippen molar-refractivity contribution in [1.29, 1.82) is 0 Å². The molecule has 0 saturated carbocycles. The van der Waals surface area contributed by atoms with Gasteiger partial charge in [-0.15, -0.1) is 0 Å². The average Bonchev–Trinajstić information content (AvgIpc) is 3.57. The molecule has 190 valence electrons. The first-order valence-corrected chi connectivity index (χ1v) is 11.9. The van der Waals surface area contributed by atoms with Gasteiger partial charge in [0.1, 0.15) is 17.7 Å². The number of hydrogen-bond acceptors (Lipinski definition) is 7. The molecule has 3 aromatic rings. The maximum absolute atomic E-state index is 13.7. The summed E-state index contributed by atoms with van der Waals surface area (Å²) in [5, 5.41) is 2.77. The largest absolute Gasteiger partial charge is 0.467 e. The molecule has 11 heteroatoms. The summed E-state index contributed by atoms with van der Waals surface area (Å²) in [5.41, 5.74) is 5.33. The lowest BCUT2D eigenvalue weighted by Crippen LogP contribution is -2.41. The number of rotatable bonds is 9. The highest BCUT2D eigenvalue weighted by Crippen LogP contribution is 2.24. The van der Waals surface area contributed by atoms with E-state index in [-0.39, 0.29) is 29.5 Å². The summed E-state index contributed by atoms with van der Waals surface area (Å²) in [7, 11) is 0. The summed E-state index contributed by atoms with van der Waals surface area (Å²) in [6.45, 7) is 2.69. The van der Waals surface area contributed by atoms with E-state index < -0.39 is 23.3 Å². The predicted octanol–water partition coefficient (Wildman–Crippen LogP) is 2.48. The maximum Gasteiger partial charge on any atom is 0.330 e. The fraction of sp³-hybridized carbons (Fsp3) is 0.360. The number of aromatic nitrogens is 2. The number of furan rings is 1. The van der Waals surface area contributed by atoms with Crippen molar-refractivity contribution in [3.8, 4) is 0 Å². The van der Waals surface area contributed by atoms with Crippen LogP contribution in [-0.4, -0.2) is 34.1 Å². The molecule has 3 heterocycles. The number of nitrogens with one attached hydrogen (secondary N) is 2. The average molecular weight is 496 g/mol. The number of ether oxygens (including phenoxy) is 1.